The van der Waals surface area contributed by atoms with E-state index in [0.717, 1.165) is 25.9 Å². The summed E-state index contributed by atoms with van der Waals surface area (Å²) in [7, 11) is 4.12. The maximum absolute atomic E-state index is 13.0. The van der Waals surface area contributed by atoms with Gasteiger partial charge >= 0.3 is 0 Å². The molecule has 2 aromatic heterocycles. The minimum absolute atomic E-state index is 0.0299. The van der Waals surface area contributed by atoms with Gasteiger partial charge in [-0.1, -0.05) is 24.3 Å². The molecule has 0 radical (unpaired) electrons. The molecule has 0 spiro atoms. The quantitative estimate of drug-likeness (QED) is 0.721. The van der Waals surface area contributed by atoms with Gasteiger partial charge in [0, 0.05) is 19.3 Å². The molecule has 4 rings (SSSR count). The number of benzene rings is 1. The smallest absolute Gasteiger partial charge is 0.255 e. The zero-order valence-corrected chi connectivity index (χ0v) is 15.0. The summed E-state index contributed by atoms with van der Waals surface area (Å²) in [6.45, 7) is 1.69. The zero-order valence-electron chi connectivity index (χ0n) is 15.0. The molecular formula is C19H22N6O. The van der Waals surface area contributed by atoms with Gasteiger partial charge in [-0.15, -0.1) is 5.10 Å². The van der Waals surface area contributed by atoms with Gasteiger partial charge in [0.1, 0.15) is 0 Å². The predicted molar refractivity (Wildman–Crippen MR) is 97.6 cm³/mol. The summed E-state index contributed by atoms with van der Waals surface area (Å²) in [4.78, 5) is 17.2. The molecule has 1 amide bonds. The molecule has 134 valence electrons. The zero-order chi connectivity index (χ0) is 18.1. The van der Waals surface area contributed by atoms with Crippen molar-refractivity contribution in [3.8, 4) is 0 Å². The van der Waals surface area contributed by atoms with Gasteiger partial charge < -0.3 is 9.80 Å². The number of hydrogen-bond donors (Lipinski definition) is 0. The van der Waals surface area contributed by atoms with E-state index < -0.39 is 0 Å². The van der Waals surface area contributed by atoms with Gasteiger partial charge in [0.15, 0.2) is 5.65 Å². The van der Waals surface area contributed by atoms with Gasteiger partial charge in [-0.2, -0.15) is 4.52 Å². The van der Waals surface area contributed by atoms with Crippen LogP contribution < -0.4 is 0 Å². The molecule has 7 heteroatoms. The number of likely N-dealkylation sites (tertiary alicyclic amines) is 1. The van der Waals surface area contributed by atoms with Crippen LogP contribution in [0.25, 0.3) is 5.65 Å². The summed E-state index contributed by atoms with van der Waals surface area (Å²) < 4.78 is 1.54. The number of nitrogens with zero attached hydrogens (tertiary/aromatic N) is 6. The Morgan fingerprint density at radius 1 is 1.19 bits per heavy atom. The monoisotopic (exact) mass is 350 g/mol. The molecule has 0 unspecified atom stereocenters. The van der Waals surface area contributed by atoms with Gasteiger partial charge in [0.05, 0.1) is 11.6 Å². The molecule has 1 atom stereocenters. The Kier molecular flexibility index (Phi) is 4.38. The topological polar surface area (TPSA) is 66.6 Å². The molecular weight excluding hydrogens is 328 g/mol. The SMILES string of the molecule is CN(C)Cc1ccc([C@@H]2CCCN2C(=O)c2ccc3nnnn3c2)cc1. The van der Waals surface area contributed by atoms with E-state index in [1.807, 2.05) is 4.90 Å². The lowest BCUT2D eigenvalue weighted by Crippen LogP contribution is -2.30. The largest absolute Gasteiger partial charge is 0.332 e. The lowest BCUT2D eigenvalue weighted by molar-refractivity contribution is 0.0735. The summed E-state index contributed by atoms with van der Waals surface area (Å²) in [5.74, 6) is 0.0299. The Hall–Kier alpha value is -2.80. The first kappa shape index (κ1) is 16.7. The van der Waals surface area contributed by atoms with Gasteiger partial charge in [0.2, 0.25) is 0 Å². The third-order valence-electron chi connectivity index (χ3n) is 4.82. The van der Waals surface area contributed by atoms with Crippen molar-refractivity contribution in [2.75, 3.05) is 20.6 Å². The van der Waals surface area contributed by atoms with Crippen LogP contribution in [0.15, 0.2) is 42.6 Å². The van der Waals surface area contributed by atoms with Gasteiger partial charge in [-0.3, -0.25) is 4.79 Å². The minimum Gasteiger partial charge on any atom is -0.332 e. The molecule has 7 nitrogen and oxygen atoms in total. The van der Waals surface area contributed by atoms with E-state index in [-0.39, 0.29) is 11.9 Å². The Bertz CT molecular complexity index is 917. The van der Waals surface area contributed by atoms with Crippen molar-refractivity contribution >= 4 is 11.6 Å². The van der Waals surface area contributed by atoms with E-state index in [0.29, 0.717) is 11.2 Å². The fourth-order valence-electron chi connectivity index (χ4n) is 3.60. The first-order valence-corrected chi connectivity index (χ1v) is 8.84. The highest BCUT2D eigenvalue weighted by Gasteiger charge is 2.30. The number of carbonyl (C=O) groups is 1. The molecule has 0 saturated carbocycles. The first-order valence-electron chi connectivity index (χ1n) is 8.84. The Morgan fingerprint density at radius 3 is 2.77 bits per heavy atom. The number of carbonyl (C=O) groups excluding carboxylic acids is 1. The van der Waals surface area contributed by atoms with E-state index in [1.54, 1.807) is 18.3 Å². The lowest BCUT2D eigenvalue weighted by Gasteiger charge is -2.25. The third kappa shape index (κ3) is 3.17. The molecule has 26 heavy (non-hydrogen) atoms. The molecule has 1 saturated heterocycles. The molecule has 1 aromatic carbocycles. The summed E-state index contributed by atoms with van der Waals surface area (Å²) >= 11 is 0. The Morgan fingerprint density at radius 2 is 2.00 bits per heavy atom. The van der Waals surface area contributed by atoms with Crippen LogP contribution in [-0.4, -0.2) is 56.4 Å². The molecule has 0 bridgehead atoms. The van der Waals surface area contributed by atoms with Crippen molar-refractivity contribution < 1.29 is 4.79 Å². The normalized spacial score (nSPS) is 17.3. The lowest BCUT2D eigenvalue weighted by atomic mass is 10.0. The number of tetrazole rings is 1. The second-order valence-electron chi connectivity index (χ2n) is 7.04. The van der Waals surface area contributed by atoms with E-state index in [9.17, 15) is 4.79 Å². The fraction of sp³-hybridized carbons (Fsp3) is 0.368. The minimum atomic E-state index is 0.0299. The summed E-state index contributed by atoms with van der Waals surface area (Å²) in [5.41, 5.74) is 3.72. The first-order chi connectivity index (χ1) is 12.6. The van der Waals surface area contributed by atoms with Gasteiger partial charge in [0.25, 0.3) is 5.91 Å². The van der Waals surface area contributed by atoms with Crippen molar-refractivity contribution in [1.29, 1.82) is 0 Å². The summed E-state index contributed by atoms with van der Waals surface area (Å²) in [6, 6.07) is 12.3. The number of pyridine rings is 1. The van der Waals surface area contributed by atoms with E-state index in [1.165, 1.54) is 15.6 Å². The highest BCUT2D eigenvalue weighted by atomic mass is 16.2. The number of hydrogen-bond acceptors (Lipinski definition) is 5. The number of fused-ring (bicyclic) bond motifs is 1. The van der Waals surface area contributed by atoms with Crippen LogP contribution >= 0.6 is 0 Å². The highest BCUT2D eigenvalue weighted by molar-refractivity contribution is 5.94. The highest BCUT2D eigenvalue weighted by Crippen LogP contribution is 2.33. The summed E-state index contributed by atoms with van der Waals surface area (Å²) in [5, 5.41) is 11.4. The average molecular weight is 350 g/mol. The van der Waals surface area contributed by atoms with Crippen molar-refractivity contribution in [3.05, 3.63) is 59.3 Å². The third-order valence-corrected chi connectivity index (χ3v) is 4.82. The Balaban J connectivity index is 1.56. The number of rotatable bonds is 4. The molecule has 1 fully saturated rings. The van der Waals surface area contributed by atoms with Crippen LogP contribution in [0.2, 0.25) is 0 Å². The second kappa shape index (κ2) is 6.84. The standard InChI is InChI=1S/C19H22N6O/c1-23(2)12-14-5-7-15(8-6-14)17-4-3-11-24(17)19(26)16-9-10-18-20-21-22-25(18)13-16/h5-10,13,17H,3-4,11-12H2,1-2H3/t17-/m0/s1. The summed E-state index contributed by atoms with van der Waals surface area (Å²) in [6.07, 6.45) is 3.71. The fourth-order valence-corrected chi connectivity index (χ4v) is 3.60. The van der Waals surface area contributed by atoms with Crippen molar-refractivity contribution in [3.63, 3.8) is 0 Å². The van der Waals surface area contributed by atoms with Crippen molar-refractivity contribution in [1.82, 2.24) is 29.8 Å². The molecule has 0 aliphatic carbocycles. The Labute approximate surface area is 152 Å². The van der Waals surface area contributed by atoms with E-state index in [2.05, 4.69) is 58.8 Å². The molecule has 0 N–H and O–H groups in total. The van der Waals surface area contributed by atoms with Crippen LogP contribution in [-0.2, 0) is 6.54 Å². The van der Waals surface area contributed by atoms with Gasteiger partial charge in [-0.25, -0.2) is 0 Å². The number of amides is 1. The molecule has 1 aliphatic heterocycles. The molecule has 1 aliphatic rings. The second-order valence-corrected chi connectivity index (χ2v) is 7.04. The molecule has 3 aromatic rings. The average Bonchev–Trinajstić information content (AvgIpc) is 3.30. The van der Waals surface area contributed by atoms with Crippen LogP contribution in [0.5, 0.6) is 0 Å². The van der Waals surface area contributed by atoms with Crippen molar-refractivity contribution in [2.45, 2.75) is 25.4 Å². The number of aromatic nitrogens is 4. The maximum Gasteiger partial charge on any atom is 0.255 e. The predicted octanol–water partition coefficient (Wildman–Crippen LogP) is 2.16. The van der Waals surface area contributed by atoms with Crippen LogP contribution in [0.4, 0.5) is 0 Å². The van der Waals surface area contributed by atoms with Gasteiger partial charge in [-0.05, 0) is 60.6 Å². The van der Waals surface area contributed by atoms with Crippen LogP contribution in [0, 0.1) is 0 Å². The van der Waals surface area contributed by atoms with Crippen LogP contribution in [0.1, 0.15) is 40.4 Å². The van der Waals surface area contributed by atoms with E-state index in [4.69, 9.17) is 0 Å². The van der Waals surface area contributed by atoms with Crippen LogP contribution in [0.3, 0.4) is 0 Å². The van der Waals surface area contributed by atoms with E-state index >= 15 is 0 Å². The maximum atomic E-state index is 13.0. The molecule has 3 heterocycles. The van der Waals surface area contributed by atoms with Crippen molar-refractivity contribution in [2.24, 2.45) is 0 Å².